The molecule has 192 valence electrons. The summed E-state index contributed by atoms with van der Waals surface area (Å²) >= 11 is 19.7. The van der Waals surface area contributed by atoms with Crippen LogP contribution in [0.25, 0.3) is 5.69 Å². The number of nitrogens with zero attached hydrogens (tertiary/aromatic N) is 5. The van der Waals surface area contributed by atoms with Gasteiger partial charge in [-0.25, -0.2) is 0 Å². The van der Waals surface area contributed by atoms with Crippen LogP contribution in [0.4, 0.5) is 5.13 Å². The van der Waals surface area contributed by atoms with Crippen molar-refractivity contribution >= 4 is 90.9 Å². The van der Waals surface area contributed by atoms with E-state index in [1.807, 2.05) is 31.2 Å². The van der Waals surface area contributed by atoms with Gasteiger partial charge in [-0.15, -0.1) is 20.4 Å². The van der Waals surface area contributed by atoms with Crippen molar-refractivity contribution in [3.05, 3.63) is 68.4 Å². The van der Waals surface area contributed by atoms with Crippen molar-refractivity contribution in [1.29, 1.82) is 0 Å². The van der Waals surface area contributed by atoms with Gasteiger partial charge < -0.3 is 5.32 Å². The molecule has 2 amide bonds. The Bertz CT molecular complexity index is 1420. The molecule has 4 rings (SSSR count). The molecule has 0 saturated carbocycles. The zero-order valence-corrected chi connectivity index (χ0v) is 24.6. The highest BCUT2D eigenvalue weighted by Crippen LogP contribution is 2.27. The first-order valence-electron chi connectivity index (χ1n) is 10.7. The van der Waals surface area contributed by atoms with Gasteiger partial charge in [0.2, 0.25) is 11.0 Å². The summed E-state index contributed by atoms with van der Waals surface area (Å²) in [6.45, 7) is 2.09. The number of nitrogens with one attached hydrogen (secondary N) is 2. The number of aromatic nitrogens is 5. The van der Waals surface area contributed by atoms with Crippen molar-refractivity contribution in [3.63, 3.8) is 0 Å². The van der Waals surface area contributed by atoms with E-state index in [1.54, 1.807) is 28.5 Å². The topological polar surface area (TPSA) is 115 Å². The molecule has 2 heterocycles. The smallest absolute Gasteiger partial charge is 0.253 e. The summed E-state index contributed by atoms with van der Waals surface area (Å²) in [6, 6.07) is 12.2. The van der Waals surface area contributed by atoms with E-state index in [0.29, 0.717) is 21.1 Å². The van der Waals surface area contributed by atoms with E-state index in [1.165, 1.54) is 29.2 Å². The molecule has 9 nitrogen and oxygen atoms in total. The molecule has 0 bridgehead atoms. The molecule has 0 aliphatic heterocycles. The van der Waals surface area contributed by atoms with Crippen LogP contribution >= 0.6 is 74.0 Å². The van der Waals surface area contributed by atoms with Gasteiger partial charge in [0.1, 0.15) is 0 Å². The summed E-state index contributed by atoms with van der Waals surface area (Å²) in [7, 11) is 0. The number of carbonyl (C=O) groups is 2. The fourth-order valence-corrected chi connectivity index (χ4v) is 6.09. The van der Waals surface area contributed by atoms with E-state index >= 15 is 0 Å². The molecule has 2 aromatic heterocycles. The maximum atomic E-state index is 12.7. The lowest BCUT2D eigenvalue weighted by Crippen LogP contribution is -2.25. The number of hydrogen-bond donors (Lipinski definition) is 2. The highest BCUT2D eigenvalue weighted by molar-refractivity contribution is 9.10. The third-order valence-corrected chi connectivity index (χ3v) is 8.49. The van der Waals surface area contributed by atoms with Crippen LogP contribution in [0.2, 0.25) is 10.0 Å². The highest BCUT2D eigenvalue weighted by Gasteiger charge is 2.18. The number of amides is 2. The largest absolute Gasteiger partial charge is 0.345 e. The monoisotopic (exact) mass is 657 g/mol. The zero-order chi connectivity index (χ0) is 26.4. The van der Waals surface area contributed by atoms with Gasteiger partial charge in [-0.2, -0.15) is 0 Å². The molecule has 2 N–H and O–H groups in total. The van der Waals surface area contributed by atoms with Crippen molar-refractivity contribution < 1.29 is 9.59 Å². The predicted molar refractivity (Wildman–Crippen MR) is 152 cm³/mol. The van der Waals surface area contributed by atoms with Gasteiger partial charge in [0.25, 0.3) is 5.91 Å². The summed E-state index contributed by atoms with van der Waals surface area (Å²) in [5, 5.41) is 23.7. The molecule has 0 saturated heterocycles. The molecular weight excluding hydrogens is 641 g/mol. The number of halogens is 3. The third-order valence-electron chi connectivity index (χ3n) is 4.62. The summed E-state index contributed by atoms with van der Waals surface area (Å²) in [5.74, 6) is 0.782. The second-order valence-electron chi connectivity index (χ2n) is 7.16. The molecule has 37 heavy (non-hydrogen) atoms. The molecule has 2 aromatic carbocycles. The van der Waals surface area contributed by atoms with Gasteiger partial charge in [0, 0.05) is 15.2 Å². The molecule has 0 fully saturated rings. The quantitative estimate of drug-likeness (QED) is 0.158. The normalized spacial score (nSPS) is 10.9. The van der Waals surface area contributed by atoms with Crippen molar-refractivity contribution in [2.45, 2.75) is 23.0 Å². The first-order valence-corrected chi connectivity index (χ1v) is 15.0. The Morgan fingerprint density at radius 2 is 1.84 bits per heavy atom. The summed E-state index contributed by atoms with van der Waals surface area (Å²) in [5.41, 5.74) is 1.03. The van der Waals surface area contributed by atoms with Crippen molar-refractivity contribution in [1.82, 2.24) is 30.3 Å². The number of anilines is 1. The molecular formula is C22H18BrCl2N7O2S3. The number of rotatable bonds is 10. The van der Waals surface area contributed by atoms with Crippen LogP contribution < -0.4 is 10.6 Å². The predicted octanol–water partition coefficient (Wildman–Crippen LogP) is 5.96. The third kappa shape index (κ3) is 7.45. The lowest BCUT2D eigenvalue weighted by atomic mass is 10.2. The Hall–Kier alpha value is -2.16. The van der Waals surface area contributed by atoms with E-state index < -0.39 is 5.91 Å². The van der Waals surface area contributed by atoms with Crippen LogP contribution in [-0.4, -0.2) is 48.3 Å². The first kappa shape index (κ1) is 27.9. The fourth-order valence-electron chi connectivity index (χ4n) is 3.01. The van der Waals surface area contributed by atoms with Crippen LogP contribution in [0.5, 0.6) is 0 Å². The van der Waals surface area contributed by atoms with Gasteiger partial charge in [-0.1, -0.05) is 80.9 Å². The Morgan fingerprint density at radius 1 is 1.05 bits per heavy atom. The molecule has 0 unspecified atom stereocenters. The van der Waals surface area contributed by atoms with E-state index in [9.17, 15) is 9.59 Å². The van der Waals surface area contributed by atoms with E-state index in [0.717, 1.165) is 20.3 Å². The minimum atomic E-state index is -0.399. The highest BCUT2D eigenvalue weighted by atomic mass is 79.9. The lowest BCUT2D eigenvalue weighted by molar-refractivity contribution is -0.113. The van der Waals surface area contributed by atoms with Gasteiger partial charge in [-0.05, 0) is 48.2 Å². The van der Waals surface area contributed by atoms with Gasteiger partial charge in [0.05, 0.1) is 22.9 Å². The molecule has 0 atom stereocenters. The van der Waals surface area contributed by atoms with Crippen molar-refractivity contribution in [3.8, 4) is 5.69 Å². The van der Waals surface area contributed by atoms with Crippen LogP contribution in [-0.2, 0) is 11.3 Å². The minimum Gasteiger partial charge on any atom is -0.345 e. The fraction of sp³-hybridized carbons (Fsp3) is 0.182. The SMILES string of the molecule is CCSc1nnc(NC(=O)CSc2nnc(CNC(=O)c3cc(Cl)ccc3Cl)n2-c2ccc(Br)cc2)s1. The van der Waals surface area contributed by atoms with Crippen LogP contribution in [0, 0.1) is 0 Å². The van der Waals surface area contributed by atoms with E-state index in [2.05, 4.69) is 47.0 Å². The van der Waals surface area contributed by atoms with Crippen molar-refractivity contribution in [2.75, 3.05) is 16.8 Å². The van der Waals surface area contributed by atoms with Gasteiger partial charge in [0.15, 0.2) is 15.3 Å². The average Bonchev–Trinajstić information content (AvgIpc) is 3.50. The second kappa shape index (κ2) is 13.1. The Balaban J connectivity index is 1.49. The molecule has 4 aromatic rings. The van der Waals surface area contributed by atoms with Crippen LogP contribution in [0.15, 0.2) is 56.4 Å². The molecule has 15 heteroatoms. The Kier molecular flexibility index (Phi) is 9.84. The number of carbonyl (C=O) groups excluding carboxylic acids is 2. The zero-order valence-electron chi connectivity index (χ0n) is 19.1. The maximum Gasteiger partial charge on any atom is 0.253 e. The molecule has 0 spiro atoms. The van der Waals surface area contributed by atoms with Crippen molar-refractivity contribution in [2.24, 2.45) is 0 Å². The van der Waals surface area contributed by atoms with Gasteiger partial charge >= 0.3 is 0 Å². The molecule has 0 radical (unpaired) electrons. The summed E-state index contributed by atoms with van der Waals surface area (Å²) in [4.78, 5) is 25.3. The van der Waals surface area contributed by atoms with Crippen LogP contribution in [0.1, 0.15) is 23.1 Å². The standard InChI is InChI=1S/C22H18BrCl2N7O2S3/c1-2-35-22-31-29-20(37-22)27-18(33)11-36-21-30-28-17(32(21)14-6-3-12(23)4-7-14)10-26-19(34)15-9-13(24)5-8-16(15)25/h3-9H,2,10-11H2,1H3,(H,26,34)(H,27,29,33). The minimum absolute atomic E-state index is 0.0696. The second-order valence-corrected chi connectivity index (χ2v) is 12.4. The van der Waals surface area contributed by atoms with Crippen LogP contribution in [0.3, 0.4) is 0 Å². The number of benzene rings is 2. The number of hydrogen-bond acceptors (Lipinski definition) is 9. The van der Waals surface area contributed by atoms with E-state index in [4.69, 9.17) is 23.2 Å². The number of thioether (sulfide) groups is 2. The Morgan fingerprint density at radius 3 is 2.59 bits per heavy atom. The van der Waals surface area contributed by atoms with E-state index in [-0.39, 0.29) is 28.8 Å². The average molecular weight is 659 g/mol. The van der Waals surface area contributed by atoms with Gasteiger partial charge in [-0.3, -0.25) is 19.5 Å². The molecule has 0 aliphatic rings. The lowest BCUT2D eigenvalue weighted by Gasteiger charge is -2.11. The first-order chi connectivity index (χ1) is 17.8. The maximum absolute atomic E-state index is 12.7. The Labute approximate surface area is 243 Å². The molecule has 0 aliphatic carbocycles. The summed E-state index contributed by atoms with van der Waals surface area (Å²) in [6.07, 6.45) is 0. The summed E-state index contributed by atoms with van der Waals surface area (Å²) < 4.78 is 3.48.